The molecule has 0 saturated heterocycles. The van der Waals surface area contributed by atoms with E-state index in [0.29, 0.717) is 0 Å². The first kappa shape index (κ1) is 5.51. The highest BCUT2D eigenvalue weighted by molar-refractivity contribution is 9.09. The molecule has 0 aliphatic carbocycles. The molecule has 0 aromatic heterocycles. The molecule has 29 valence electrons. The number of alkyl halides is 1. The van der Waals surface area contributed by atoms with E-state index in [4.69, 9.17) is 11.6 Å². The lowest BCUT2D eigenvalue weighted by molar-refractivity contribution is 1.82. The van der Waals surface area contributed by atoms with Gasteiger partial charge in [0, 0.05) is 5.33 Å². The number of allylic oxidation sites excluding steroid dienone is 1. The van der Waals surface area contributed by atoms with E-state index in [2.05, 4.69) is 21.5 Å². The van der Waals surface area contributed by atoms with Crippen LogP contribution in [0.3, 0.4) is 0 Å². The summed E-state index contributed by atoms with van der Waals surface area (Å²) in [4.78, 5) is 0. The van der Waals surface area contributed by atoms with E-state index >= 15 is 0 Å². The van der Waals surface area contributed by atoms with Crippen molar-refractivity contribution in [1.82, 2.24) is 0 Å². The molecular formula is C3H3BrCl. The van der Waals surface area contributed by atoms with Gasteiger partial charge in [-0.1, -0.05) is 33.6 Å². The Morgan fingerprint density at radius 3 is 2.60 bits per heavy atom. The Kier molecular flexibility index (Phi) is 4.97. The Hall–Kier alpha value is 0.510. The molecule has 0 unspecified atom stereocenters. The summed E-state index contributed by atoms with van der Waals surface area (Å²) in [6, 6.07) is 0. The van der Waals surface area contributed by atoms with Gasteiger partial charge in [0.15, 0.2) is 0 Å². The average Bonchev–Trinajstić information content (AvgIpc) is 1.41. The molecule has 0 N–H and O–H groups in total. The maximum absolute atomic E-state index is 4.97. The smallest absolute Gasteiger partial charge is 0.0557 e. The largest absolute Gasteiger partial charge is 0.0882 e. The molecule has 0 bridgehead atoms. The van der Waals surface area contributed by atoms with Crippen LogP contribution in [0, 0.1) is 5.54 Å². The van der Waals surface area contributed by atoms with Crippen LogP contribution < -0.4 is 0 Å². The quantitative estimate of drug-likeness (QED) is 0.506. The zero-order valence-corrected chi connectivity index (χ0v) is 4.88. The van der Waals surface area contributed by atoms with Crippen LogP contribution in [0.4, 0.5) is 0 Å². The predicted molar refractivity (Wildman–Crippen MR) is 27.5 cm³/mol. The molecular weight excluding hydrogens is 151 g/mol. The molecule has 0 heterocycles. The Labute approximate surface area is 45.0 Å². The van der Waals surface area contributed by atoms with Gasteiger partial charge in [-0.2, -0.15) is 0 Å². The predicted octanol–water partition coefficient (Wildman–Crippen LogP) is 1.94. The lowest BCUT2D eigenvalue weighted by atomic mass is 10.8. The summed E-state index contributed by atoms with van der Waals surface area (Å²) in [5, 5.41) is 0.788. The number of hydrogen-bond acceptors (Lipinski definition) is 0. The van der Waals surface area contributed by atoms with E-state index in [1.807, 2.05) is 0 Å². The highest BCUT2D eigenvalue weighted by Crippen LogP contribution is 1.81. The van der Waals surface area contributed by atoms with E-state index in [0.717, 1.165) is 5.33 Å². The maximum Gasteiger partial charge on any atom is 0.0557 e. The van der Waals surface area contributed by atoms with Crippen LogP contribution in [0.25, 0.3) is 0 Å². The van der Waals surface area contributed by atoms with Gasteiger partial charge in [0.2, 0.25) is 0 Å². The molecule has 0 atom stereocenters. The van der Waals surface area contributed by atoms with Gasteiger partial charge in [-0.15, -0.1) is 0 Å². The van der Waals surface area contributed by atoms with Crippen LogP contribution in [0.5, 0.6) is 0 Å². The number of rotatable bonds is 1. The van der Waals surface area contributed by atoms with E-state index in [1.54, 1.807) is 6.08 Å². The van der Waals surface area contributed by atoms with Gasteiger partial charge in [-0.25, -0.2) is 0 Å². The fourth-order valence-corrected chi connectivity index (χ4v) is 0.455. The first-order valence-corrected chi connectivity index (χ1v) is 2.65. The molecule has 0 spiro atoms. The zero-order valence-electron chi connectivity index (χ0n) is 2.54. The zero-order chi connectivity index (χ0) is 4.12. The van der Waals surface area contributed by atoms with Gasteiger partial charge >= 0.3 is 0 Å². The van der Waals surface area contributed by atoms with Gasteiger partial charge < -0.3 is 0 Å². The maximum atomic E-state index is 4.97. The third-order valence-electron chi connectivity index (χ3n) is 0.154. The molecule has 0 saturated carbocycles. The van der Waals surface area contributed by atoms with Crippen LogP contribution in [0.2, 0.25) is 0 Å². The van der Waals surface area contributed by atoms with Crippen LogP contribution in [-0.4, -0.2) is 5.33 Å². The average molecular weight is 154 g/mol. The molecule has 2 heteroatoms. The summed E-state index contributed by atoms with van der Waals surface area (Å²) >= 11 is 8.07. The van der Waals surface area contributed by atoms with Gasteiger partial charge in [-0.3, -0.25) is 0 Å². The molecule has 0 rings (SSSR count). The molecule has 0 aromatic rings. The molecule has 0 aromatic carbocycles. The molecule has 0 nitrogen and oxygen atoms in total. The van der Waals surface area contributed by atoms with E-state index < -0.39 is 0 Å². The van der Waals surface area contributed by atoms with Crippen molar-refractivity contribution in [3.05, 3.63) is 11.6 Å². The Balaban J connectivity index is 2.62. The minimum atomic E-state index is 0.788. The van der Waals surface area contributed by atoms with E-state index in [1.165, 1.54) is 0 Å². The first-order chi connectivity index (χ1) is 2.41. The van der Waals surface area contributed by atoms with E-state index in [-0.39, 0.29) is 0 Å². The highest BCUT2D eigenvalue weighted by Gasteiger charge is 1.57. The Morgan fingerprint density at radius 2 is 2.60 bits per heavy atom. The van der Waals surface area contributed by atoms with Crippen LogP contribution in [0.1, 0.15) is 0 Å². The molecule has 0 aliphatic heterocycles. The number of halogens is 2. The topological polar surface area (TPSA) is 0 Å². The van der Waals surface area contributed by atoms with Crippen molar-refractivity contribution in [3.8, 4) is 0 Å². The summed E-state index contributed by atoms with van der Waals surface area (Å²) in [7, 11) is 0. The van der Waals surface area contributed by atoms with Crippen LogP contribution in [0.15, 0.2) is 6.08 Å². The minimum absolute atomic E-state index is 0.788. The molecule has 0 fully saturated rings. The fraction of sp³-hybridized carbons (Fsp3) is 0.333. The van der Waals surface area contributed by atoms with Gasteiger partial charge in [0.25, 0.3) is 0 Å². The summed E-state index contributed by atoms with van der Waals surface area (Å²) in [6.45, 7) is 0. The summed E-state index contributed by atoms with van der Waals surface area (Å²) in [5.74, 6) is 0. The fourth-order valence-electron chi connectivity index (χ4n) is 0.0292. The van der Waals surface area contributed by atoms with Gasteiger partial charge in [-0.05, 0) is 0 Å². The first-order valence-electron chi connectivity index (χ1n) is 1.15. The lowest BCUT2D eigenvalue weighted by Gasteiger charge is -1.60. The molecule has 5 heavy (non-hydrogen) atoms. The van der Waals surface area contributed by atoms with Gasteiger partial charge in [0.1, 0.15) is 0 Å². The van der Waals surface area contributed by atoms with Crippen molar-refractivity contribution in [2.24, 2.45) is 0 Å². The monoisotopic (exact) mass is 153 g/mol. The second-order valence-electron chi connectivity index (χ2n) is 0.468. The van der Waals surface area contributed by atoms with Gasteiger partial charge in [0.05, 0.1) is 5.54 Å². The van der Waals surface area contributed by atoms with Crippen LogP contribution >= 0.6 is 27.5 Å². The standard InChI is InChI=1S/C3H3BrCl/c4-2-1-3-5/h1H,2H2. The SMILES string of the molecule is Cl[C]=CCBr. The molecule has 0 amide bonds. The summed E-state index contributed by atoms with van der Waals surface area (Å²) < 4.78 is 0. The van der Waals surface area contributed by atoms with Crippen molar-refractivity contribution in [1.29, 1.82) is 0 Å². The van der Waals surface area contributed by atoms with Crippen molar-refractivity contribution >= 4 is 27.5 Å². The van der Waals surface area contributed by atoms with Crippen molar-refractivity contribution in [3.63, 3.8) is 0 Å². The third-order valence-corrected chi connectivity index (χ3v) is 0.632. The Bertz CT molecular complexity index is 33.9. The second-order valence-corrected chi connectivity index (χ2v) is 1.33. The van der Waals surface area contributed by atoms with Crippen molar-refractivity contribution in [2.75, 3.05) is 5.33 Å². The second kappa shape index (κ2) is 4.51. The Morgan fingerprint density at radius 1 is 2.00 bits per heavy atom. The lowest BCUT2D eigenvalue weighted by Crippen LogP contribution is -1.48. The third kappa shape index (κ3) is 4.51. The number of hydrogen-bond donors (Lipinski definition) is 0. The normalized spacial score (nSPS) is 10.0. The highest BCUT2D eigenvalue weighted by atomic mass is 79.9. The van der Waals surface area contributed by atoms with Crippen molar-refractivity contribution < 1.29 is 0 Å². The summed E-state index contributed by atoms with van der Waals surface area (Å²) in [6.07, 6.45) is 1.68. The summed E-state index contributed by atoms with van der Waals surface area (Å²) in [5.41, 5.74) is 2.32. The minimum Gasteiger partial charge on any atom is -0.0882 e. The van der Waals surface area contributed by atoms with Crippen LogP contribution in [-0.2, 0) is 0 Å². The molecule has 0 aliphatic rings. The van der Waals surface area contributed by atoms with E-state index in [9.17, 15) is 0 Å². The van der Waals surface area contributed by atoms with Crippen molar-refractivity contribution in [2.45, 2.75) is 0 Å². The molecule has 1 radical (unpaired) electrons.